The Bertz CT molecular complexity index is 709. The predicted octanol–water partition coefficient (Wildman–Crippen LogP) is 3.14. The third-order valence-corrected chi connectivity index (χ3v) is 4.56. The third kappa shape index (κ3) is 3.92. The minimum atomic E-state index is -3.51. The van der Waals surface area contributed by atoms with Crippen LogP contribution in [0.4, 0.5) is 0 Å². The molecule has 104 valence electrons. The summed E-state index contributed by atoms with van der Waals surface area (Å²) < 4.78 is 24.1. The van der Waals surface area contributed by atoms with Crippen LogP contribution in [0, 0.1) is 0 Å². The first-order valence-corrected chi connectivity index (χ1v) is 8.20. The number of hydrogen-bond donors (Lipinski definition) is 0. The number of rotatable bonds is 5. The highest BCUT2D eigenvalue weighted by atomic mass is 35.5. The van der Waals surface area contributed by atoms with E-state index in [0.29, 0.717) is 5.56 Å². The molecule has 2 aromatic carbocycles. The quantitative estimate of drug-likeness (QED) is 0.797. The van der Waals surface area contributed by atoms with E-state index in [1.165, 1.54) is 6.07 Å². The van der Waals surface area contributed by atoms with Gasteiger partial charge in [-0.25, -0.2) is 8.42 Å². The van der Waals surface area contributed by atoms with Crippen LogP contribution in [0.5, 0.6) is 0 Å². The average Bonchev–Trinajstić information content (AvgIpc) is 2.39. The van der Waals surface area contributed by atoms with Crippen molar-refractivity contribution in [3.8, 4) is 0 Å². The molecule has 3 nitrogen and oxygen atoms in total. The number of carbonyl (C=O) groups excluding carboxylic acids is 1. The van der Waals surface area contributed by atoms with Crippen molar-refractivity contribution < 1.29 is 13.2 Å². The van der Waals surface area contributed by atoms with Gasteiger partial charge in [0.1, 0.15) is 5.75 Å². The molecule has 0 N–H and O–H groups in total. The number of ketones is 1. The first kappa shape index (κ1) is 14.8. The Morgan fingerprint density at radius 2 is 1.55 bits per heavy atom. The summed E-state index contributed by atoms with van der Waals surface area (Å²) in [4.78, 5) is 12.0. The molecule has 0 spiro atoms. The number of benzene rings is 2. The fraction of sp³-hybridized carbons (Fsp3) is 0.133. The molecule has 5 heteroatoms. The Morgan fingerprint density at radius 3 is 2.20 bits per heavy atom. The predicted molar refractivity (Wildman–Crippen MR) is 79.7 cm³/mol. The maximum Gasteiger partial charge on any atom is 0.179 e. The summed E-state index contributed by atoms with van der Waals surface area (Å²) in [5.41, 5.74) is 0.908. The van der Waals surface area contributed by atoms with E-state index in [4.69, 9.17) is 11.6 Å². The van der Waals surface area contributed by atoms with Gasteiger partial charge in [-0.05, 0) is 17.7 Å². The minimum Gasteiger partial charge on any atom is -0.293 e. The van der Waals surface area contributed by atoms with Crippen LogP contribution >= 0.6 is 11.6 Å². The first-order valence-electron chi connectivity index (χ1n) is 6.00. The van der Waals surface area contributed by atoms with Gasteiger partial charge in [0.05, 0.1) is 10.8 Å². The Kier molecular flexibility index (Phi) is 4.57. The molecule has 0 bridgehead atoms. The van der Waals surface area contributed by atoms with Crippen LogP contribution in [0.1, 0.15) is 15.9 Å². The van der Waals surface area contributed by atoms with Crippen molar-refractivity contribution in [3.63, 3.8) is 0 Å². The molecule has 0 saturated carbocycles. The highest BCUT2D eigenvalue weighted by molar-refractivity contribution is 7.91. The molecule has 0 fully saturated rings. The highest BCUT2D eigenvalue weighted by Crippen LogP contribution is 2.17. The van der Waals surface area contributed by atoms with Crippen LogP contribution in [0.3, 0.4) is 0 Å². The molecule has 0 saturated heterocycles. The normalized spacial score (nSPS) is 11.2. The van der Waals surface area contributed by atoms with Crippen LogP contribution in [0.25, 0.3) is 0 Å². The van der Waals surface area contributed by atoms with E-state index in [0.717, 1.165) is 0 Å². The molecule has 2 aromatic rings. The molecule has 0 amide bonds. The smallest absolute Gasteiger partial charge is 0.179 e. The summed E-state index contributed by atoms with van der Waals surface area (Å²) in [7, 11) is -3.51. The fourth-order valence-electron chi connectivity index (χ4n) is 1.84. The minimum absolute atomic E-state index is 0.149. The van der Waals surface area contributed by atoms with Gasteiger partial charge < -0.3 is 0 Å². The van der Waals surface area contributed by atoms with E-state index in [1.54, 1.807) is 42.5 Å². The van der Waals surface area contributed by atoms with Crippen molar-refractivity contribution in [1.82, 2.24) is 0 Å². The average molecular weight is 309 g/mol. The Balaban J connectivity index is 2.13. The molecule has 0 aliphatic heterocycles. The number of halogens is 1. The monoisotopic (exact) mass is 308 g/mol. The molecule has 0 radical (unpaired) electrons. The Hall–Kier alpha value is -1.65. The molecule has 0 atom stereocenters. The third-order valence-electron chi connectivity index (χ3n) is 2.75. The van der Waals surface area contributed by atoms with Crippen LogP contribution in [-0.2, 0) is 15.6 Å². The van der Waals surface area contributed by atoms with E-state index in [9.17, 15) is 13.2 Å². The van der Waals surface area contributed by atoms with E-state index in [2.05, 4.69) is 0 Å². The zero-order valence-electron chi connectivity index (χ0n) is 10.6. The fourth-order valence-corrected chi connectivity index (χ4v) is 3.44. The topological polar surface area (TPSA) is 51.2 Å². The van der Waals surface area contributed by atoms with Crippen LogP contribution in [0.2, 0.25) is 5.02 Å². The molecule has 2 rings (SSSR count). The summed E-state index contributed by atoms with van der Waals surface area (Å²) in [6.07, 6.45) is 0. The van der Waals surface area contributed by atoms with Gasteiger partial charge in [-0.3, -0.25) is 4.79 Å². The van der Waals surface area contributed by atoms with Crippen molar-refractivity contribution in [2.24, 2.45) is 0 Å². The summed E-state index contributed by atoms with van der Waals surface area (Å²) in [5, 5.41) is 0.271. The van der Waals surface area contributed by atoms with Crippen molar-refractivity contribution >= 4 is 27.2 Å². The Labute approximate surface area is 123 Å². The number of Topliss-reactive ketones (excluding diaryl/α,β-unsaturated/α-hetero) is 1. The molecule has 0 aliphatic rings. The lowest BCUT2D eigenvalue weighted by molar-refractivity contribution is 0.102. The van der Waals surface area contributed by atoms with Gasteiger partial charge in [0.25, 0.3) is 0 Å². The van der Waals surface area contributed by atoms with Crippen LogP contribution in [-0.4, -0.2) is 20.0 Å². The van der Waals surface area contributed by atoms with Gasteiger partial charge >= 0.3 is 0 Å². The van der Waals surface area contributed by atoms with Gasteiger partial charge in [0.2, 0.25) is 0 Å². The molecule has 0 heterocycles. The number of hydrogen-bond acceptors (Lipinski definition) is 3. The lowest BCUT2D eigenvalue weighted by atomic mass is 10.1. The SMILES string of the molecule is O=C(CS(=O)(=O)Cc1ccccc1)c1ccccc1Cl. The molecule has 0 aliphatic carbocycles. The maximum absolute atomic E-state index is 12.0. The summed E-state index contributed by atoms with van der Waals surface area (Å²) in [6, 6.07) is 15.2. The lowest BCUT2D eigenvalue weighted by Crippen LogP contribution is -2.18. The number of sulfone groups is 1. The molecule has 20 heavy (non-hydrogen) atoms. The van der Waals surface area contributed by atoms with E-state index >= 15 is 0 Å². The van der Waals surface area contributed by atoms with E-state index in [1.807, 2.05) is 6.07 Å². The van der Waals surface area contributed by atoms with Crippen molar-refractivity contribution in [2.75, 3.05) is 5.75 Å². The van der Waals surface area contributed by atoms with Gasteiger partial charge in [0.15, 0.2) is 15.6 Å². The van der Waals surface area contributed by atoms with Crippen LogP contribution < -0.4 is 0 Å². The van der Waals surface area contributed by atoms with Crippen molar-refractivity contribution in [1.29, 1.82) is 0 Å². The summed E-state index contributed by atoms with van der Waals surface area (Å²) in [6.45, 7) is 0. The van der Waals surface area contributed by atoms with Crippen molar-refractivity contribution in [3.05, 3.63) is 70.7 Å². The highest BCUT2D eigenvalue weighted by Gasteiger charge is 2.20. The Morgan fingerprint density at radius 1 is 0.950 bits per heavy atom. The van der Waals surface area contributed by atoms with Crippen molar-refractivity contribution in [2.45, 2.75) is 5.75 Å². The molecule has 0 aromatic heterocycles. The zero-order chi connectivity index (χ0) is 14.6. The largest absolute Gasteiger partial charge is 0.293 e. The van der Waals surface area contributed by atoms with Gasteiger partial charge in [-0.1, -0.05) is 54.1 Å². The number of carbonyl (C=O) groups is 1. The van der Waals surface area contributed by atoms with Gasteiger partial charge in [0, 0.05) is 5.56 Å². The van der Waals surface area contributed by atoms with Gasteiger partial charge in [-0.15, -0.1) is 0 Å². The molecular formula is C15H13ClO3S. The maximum atomic E-state index is 12.0. The second-order valence-electron chi connectivity index (χ2n) is 4.42. The zero-order valence-corrected chi connectivity index (χ0v) is 12.2. The summed E-state index contributed by atoms with van der Waals surface area (Å²) in [5.74, 6) is -1.16. The standard InChI is InChI=1S/C15H13ClO3S/c16-14-9-5-4-8-13(14)15(17)11-20(18,19)10-12-6-2-1-3-7-12/h1-9H,10-11H2. The van der Waals surface area contributed by atoms with E-state index in [-0.39, 0.29) is 16.3 Å². The van der Waals surface area contributed by atoms with Gasteiger partial charge in [-0.2, -0.15) is 0 Å². The van der Waals surface area contributed by atoms with E-state index < -0.39 is 21.4 Å². The molecule has 0 unspecified atom stereocenters. The first-order chi connectivity index (χ1) is 9.48. The molecular weight excluding hydrogens is 296 g/mol. The second-order valence-corrected chi connectivity index (χ2v) is 6.89. The lowest BCUT2D eigenvalue weighted by Gasteiger charge is -2.05. The summed E-state index contributed by atoms with van der Waals surface area (Å²) >= 11 is 5.89. The second kappa shape index (κ2) is 6.20. The van der Waals surface area contributed by atoms with Crippen LogP contribution in [0.15, 0.2) is 54.6 Å².